The molecule has 32 heavy (non-hydrogen) atoms. The maximum Gasteiger partial charge on any atom is 0.362 e. The zero-order valence-electron chi connectivity index (χ0n) is 18.2. The van der Waals surface area contributed by atoms with E-state index >= 15 is 0 Å². The lowest BCUT2D eigenvalue weighted by atomic mass is 9.90. The van der Waals surface area contributed by atoms with Crippen molar-refractivity contribution in [2.75, 3.05) is 6.61 Å². The van der Waals surface area contributed by atoms with Crippen LogP contribution in [0.15, 0.2) is 54.6 Å². The van der Waals surface area contributed by atoms with Crippen molar-refractivity contribution in [3.8, 4) is 5.75 Å². The predicted octanol–water partition coefficient (Wildman–Crippen LogP) is 3.75. The molecule has 2 aliphatic heterocycles. The maximum absolute atomic E-state index is 13.3. The molecule has 4 rings (SSSR count). The van der Waals surface area contributed by atoms with E-state index in [1.807, 2.05) is 30.3 Å². The van der Waals surface area contributed by atoms with Crippen LogP contribution < -0.4 is 4.74 Å². The molecule has 0 spiro atoms. The molecule has 0 N–H and O–H groups in total. The summed E-state index contributed by atoms with van der Waals surface area (Å²) in [6.07, 6.45) is 2.63. The lowest BCUT2D eigenvalue weighted by molar-refractivity contribution is -0.182. The van der Waals surface area contributed by atoms with Gasteiger partial charge < -0.3 is 14.3 Å². The number of ether oxygens (including phenoxy) is 2. The number of imide groups is 1. The molecule has 2 aromatic carbocycles. The normalized spacial score (nSPS) is 23.4. The van der Waals surface area contributed by atoms with Gasteiger partial charge in [0.2, 0.25) is 0 Å². The van der Waals surface area contributed by atoms with E-state index in [1.165, 1.54) is 4.90 Å². The van der Waals surface area contributed by atoms with Gasteiger partial charge in [-0.1, -0.05) is 47.5 Å². The number of carbonyl (C=O) groups is 3. The van der Waals surface area contributed by atoms with Gasteiger partial charge in [0.05, 0.1) is 6.61 Å². The van der Waals surface area contributed by atoms with Crippen molar-refractivity contribution in [1.29, 1.82) is 0 Å². The van der Waals surface area contributed by atoms with E-state index in [9.17, 15) is 14.4 Å². The van der Waals surface area contributed by atoms with Crippen LogP contribution in [0.5, 0.6) is 5.75 Å². The van der Waals surface area contributed by atoms with Crippen molar-refractivity contribution in [2.45, 2.75) is 51.5 Å². The quantitative estimate of drug-likeness (QED) is 0.639. The Morgan fingerprint density at radius 3 is 2.44 bits per heavy atom. The first-order valence-electron chi connectivity index (χ1n) is 10.7. The molecule has 0 aromatic heterocycles. The Labute approximate surface area is 186 Å². The molecular weight excluding hydrogens is 412 g/mol. The second-order valence-electron chi connectivity index (χ2n) is 8.05. The van der Waals surface area contributed by atoms with Gasteiger partial charge >= 0.3 is 12.0 Å². The van der Waals surface area contributed by atoms with Crippen molar-refractivity contribution < 1.29 is 28.7 Å². The smallest absolute Gasteiger partial charge is 0.362 e. The van der Waals surface area contributed by atoms with Gasteiger partial charge in [0.25, 0.3) is 5.91 Å². The maximum atomic E-state index is 13.3. The molecule has 2 heterocycles. The molecule has 168 valence electrons. The van der Waals surface area contributed by atoms with Crippen LogP contribution in [0.1, 0.15) is 44.2 Å². The molecule has 3 amide bonds. The first-order chi connectivity index (χ1) is 15.4. The summed E-state index contributed by atoms with van der Waals surface area (Å²) in [5.74, 6) is -0.753. The minimum absolute atomic E-state index is 0.174. The molecule has 2 aliphatic rings. The van der Waals surface area contributed by atoms with Crippen LogP contribution in [-0.2, 0) is 31.2 Å². The summed E-state index contributed by atoms with van der Waals surface area (Å²) in [6.45, 7) is 3.66. The summed E-state index contributed by atoms with van der Waals surface area (Å²) in [7, 11) is 0. The second kappa shape index (κ2) is 9.00. The second-order valence-corrected chi connectivity index (χ2v) is 8.05. The highest BCUT2D eigenvalue weighted by atomic mass is 16.7. The Morgan fingerprint density at radius 1 is 1.09 bits per heavy atom. The molecule has 0 bridgehead atoms. The van der Waals surface area contributed by atoms with Crippen LogP contribution in [0.4, 0.5) is 4.79 Å². The number of nitrogens with zero attached hydrogens (tertiary/aromatic N) is 2. The van der Waals surface area contributed by atoms with Gasteiger partial charge in [-0.15, -0.1) is 0 Å². The lowest BCUT2D eigenvalue weighted by Gasteiger charge is -2.32. The molecule has 0 saturated carbocycles. The Morgan fingerprint density at radius 2 is 1.81 bits per heavy atom. The van der Waals surface area contributed by atoms with Crippen LogP contribution in [0.2, 0.25) is 0 Å². The average Bonchev–Trinajstić information content (AvgIpc) is 2.97. The number of urea groups is 1. The summed E-state index contributed by atoms with van der Waals surface area (Å²) in [5, 5.41) is 0.547. The molecule has 0 aliphatic carbocycles. The average molecular weight is 438 g/mol. The van der Waals surface area contributed by atoms with Gasteiger partial charge in [0, 0.05) is 19.9 Å². The van der Waals surface area contributed by atoms with Crippen molar-refractivity contribution in [1.82, 2.24) is 9.96 Å². The molecule has 2 atom stereocenters. The largest absolute Gasteiger partial charge is 0.465 e. The Kier molecular flexibility index (Phi) is 6.14. The third-order valence-electron chi connectivity index (χ3n) is 5.77. The van der Waals surface area contributed by atoms with Crippen LogP contribution >= 0.6 is 0 Å². The molecule has 2 saturated heterocycles. The van der Waals surface area contributed by atoms with E-state index in [2.05, 4.69) is 0 Å². The fourth-order valence-corrected chi connectivity index (χ4v) is 4.00. The van der Waals surface area contributed by atoms with Crippen molar-refractivity contribution in [2.24, 2.45) is 0 Å². The summed E-state index contributed by atoms with van der Waals surface area (Å²) in [6, 6.07) is 15.7. The fourth-order valence-electron chi connectivity index (χ4n) is 4.00. The van der Waals surface area contributed by atoms with Crippen LogP contribution in [0, 0.1) is 0 Å². The van der Waals surface area contributed by atoms with Crippen molar-refractivity contribution >= 4 is 17.9 Å². The zero-order valence-corrected chi connectivity index (χ0v) is 18.2. The van der Waals surface area contributed by atoms with Gasteiger partial charge in [0.1, 0.15) is 11.3 Å². The summed E-state index contributed by atoms with van der Waals surface area (Å²) in [5.41, 5.74) is 0.0692. The van der Waals surface area contributed by atoms with Gasteiger partial charge in [-0.25, -0.2) is 9.59 Å². The van der Waals surface area contributed by atoms with E-state index in [-0.39, 0.29) is 12.8 Å². The summed E-state index contributed by atoms with van der Waals surface area (Å²) < 4.78 is 11.5. The number of rotatable bonds is 6. The molecule has 2 aromatic rings. The molecule has 0 unspecified atom stereocenters. The molecule has 2 fully saturated rings. The minimum atomic E-state index is -1.36. The molecule has 0 radical (unpaired) electrons. The van der Waals surface area contributed by atoms with Crippen LogP contribution in [0.3, 0.4) is 0 Å². The van der Waals surface area contributed by atoms with Crippen LogP contribution in [-0.4, -0.2) is 40.8 Å². The fraction of sp³-hybridized carbons (Fsp3) is 0.375. The summed E-state index contributed by atoms with van der Waals surface area (Å²) >= 11 is 0. The first-order valence-corrected chi connectivity index (χ1v) is 10.7. The first kappa shape index (κ1) is 21.8. The van der Waals surface area contributed by atoms with E-state index in [0.717, 1.165) is 31.7 Å². The number of carbonyl (C=O) groups excluding carboxylic acids is 3. The standard InChI is InChI=1S/C24H26N2O6/c1-17(27)32-26-22(28)24(2,25(23(26)29)16-18-8-4-3-5-9-18)19-11-13-20(14-12-19)31-21-10-6-7-15-30-21/h3-5,8-9,11-14,21H,6-7,10,15-16H2,1-2H3/t21-,24+/m0/s1. The monoisotopic (exact) mass is 438 g/mol. The van der Waals surface area contributed by atoms with Gasteiger partial charge in [0.15, 0.2) is 6.29 Å². The summed E-state index contributed by atoms with van der Waals surface area (Å²) in [4.78, 5) is 44.3. The van der Waals surface area contributed by atoms with Crippen molar-refractivity contribution in [3.63, 3.8) is 0 Å². The third-order valence-corrected chi connectivity index (χ3v) is 5.77. The van der Waals surface area contributed by atoms with Gasteiger partial charge in [-0.3, -0.25) is 9.69 Å². The Hall–Kier alpha value is -3.39. The number of hydrogen-bond acceptors (Lipinski definition) is 6. The molecule has 8 nitrogen and oxygen atoms in total. The van der Waals surface area contributed by atoms with E-state index in [1.54, 1.807) is 31.2 Å². The molecule has 8 heteroatoms. The highest BCUT2D eigenvalue weighted by molar-refractivity contribution is 6.06. The zero-order chi connectivity index (χ0) is 22.7. The topological polar surface area (TPSA) is 85.4 Å². The number of hydroxylamine groups is 2. The molecular formula is C24H26N2O6. The van der Waals surface area contributed by atoms with Crippen molar-refractivity contribution in [3.05, 3.63) is 65.7 Å². The lowest BCUT2D eigenvalue weighted by Crippen LogP contribution is -2.44. The number of hydrogen-bond donors (Lipinski definition) is 0. The Balaban J connectivity index is 1.63. The van der Waals surface area contributed by atoms with E-state index in [4.69, 9.17) is 14.3 Å². The Bertz CT molecular complexity index is 987. The predicted molar refractivity (Wildman–Crippen MR) is 114 cm³/mol. The van der Waals surface area contributed by atoms with E-state index < -0.39 is 23.4 Å². The third kappa shape index (κ3) is 4.18. The van der Waals surface area contributed by atoms with Gasteiger partial charge in [-0.2, -0.15) is 0 Å². The highest BCUT2D eigenvalue weighted by Crippen LogP contribution is 2.39. The van der Waals surface area contributed by atoms with Gasteiger partial charge in [-0.05, 0) is 43.0 Å². The van der Waals surface area contributed by atoms with Crippen LogP contribution in [0.25, 0.3) is 0 Å². The number of benzene rings is 2. The number of amides is 3. The SMILES string of the molecule is CC(=O)ON1C(=O)N(Cc2ccccc2)[C@](C)(c2ccc(O[C@H]3CCCCO3)cc2)C1=O. The highest BCUT2D eigenvalue weighted by Gasteiger charge is 2.57. The van der Waals surface area contributed by atoms with E-state index in [0.29, 0.717) is 23.0 Å². The minimum Gasteiger partial charge on any atom is -0.465 e.